The first kappa shape index (κ1) is 18.0. The van der Waals surface area contributed by atoms with Crippen molar-refractivity contribution in [2.75, 3.05) is 7.11 Å². The number of hydrogen-bond donors (Lipinski definition) is 0. The molecule has 1 aliphatic rings. The molecule has 1 saturated carbocycles. The number of ketones is 3. The van der Waals surface area contributed by atoms with Crippen molar-refractivity contribution in [1.82, 2.24) is 0 Å². The topological polar surface area (TPSA) is 77.5 Å². The fourth-order valence-corrected chi connectivity index (χ4v) is 3.24. The summed E-state index contributed by atoms with van der Waals surface area (Å²) in [6.45, 7) is 1.93. The van der Waals surface area contributed by atoms with Crippen LogP contribution in [-0.2, 0) is 23.9 Å². The molecule has 0 bridgehead atoms. The molecular weight excluding hydrogens is 308 g/mol. The summed E-state index contributed by atoms with van der Waals surface area (Å²) in [6, 6.07) is 8.95. The fourth-order valence-electron chi connectivity index (χ4n) is 3.24. The van der Waals surface area contributed by atoms with E-state index < -0.39 is 35.3 Å². The van der Waals surface area contributed by atoms with Crippen molar-refractivity contribution < 1.29 is 23.9 Å². The number of benzene rings is 1. The summed E-state index contributed by atoms with van der Waals surface area (Å²) in [5.74, 6) is -5.08. The van der Waals surface area contributed by atoms with E-state index in [1.165, 1.54) is 7.11 Å². The highest BCUT2D eigenvalue weighted by molar-refractivity contribution is 6.25. The number of carbonyl (C=O) groups excluding carboxylic acids is 4. The molecule has 0 heterocycles. The van der Waals surface area contributed by atoms with E-state index in [4.69, 9.17) is 4.74 Å². The minimum absolute atomic E-state index is 0.00193. The predicted molar refractivity (Wildman–Crippen MR) is 87.3 cm³/mol. The maximum absolute atomic E-state index is 12.8. The normalized spacial score (nSPS) is 23.8. The fraction of sp³-hybridized carbons (Fsp3) is 0.474. The van der Waals surface area contributed by atoms with Gasteiger partial charge < -0.3 is 4.74 Å². The van der Waals surface area contributed by atoms with Gasteiger partial charge in [-0.05, 0) is 12.0 Å². The lowest BCUT2D eigenvalue weighted by molar-refractivity contribution is -0.156. The second-order valence-electron chi connectivity index (χ2n) is 6.09. The Balaban J connectivity index is 2.34. The maximum atomic E-state index is 12.8. The molecule has 1 aromatic carbocycles. The molecule has 0 unspecified atom stereocenters. The van der Waals surface area contributed by atoms with Crippen molar-refractivity contribution in [3.63, 3.8) is 0 Å². The van der Waals surface area contributed by atoms with E-state index >= 15 is 0 Å². The second kappa shape index (κ2) is 7.99. The first-order valence-electron chi connectivity index (χ1n) is 8.23. The highest BCUT2D eigenvalue weighted by atomic mass is 16.5. The quantitative estimate of drug-likeness (QED) is 0.591. The highest BCUT2D eigenvalue weighted by Crippen LogP contribution is 2.38. The first-order chi connectivity index (χ1) is 11.5. The van der Waals surface area contributed by atoms with Crippen LogP contribution < -0.4 is 0 Å². The lowest BCUT2D eigenvalue weighted by Crippen LogP contribution is -2.47. The SMILES string of the molecule is CCCCC(=O)[C@H]1C(=O)C[C@H](c2ccccc2)[C@H](C(=O)OC)C1=O. The minimum atomic E-state index is -1.32. The van der Waals surface area contributed by atoms with Gasteiger partial charge in [0, 0.05) is 18.8 Å². The Morgan fingerprint density at radius 3 is 2.42 bits per heavy atom. The zero-order valence-electron chi connectivity index (χ0n) is 14.0. The molecule has 1 aromatic rings. The van der Waals surface area contributed by atoms with Crippen LogP contribution in [0.25, 0.3) is 0 Å². The van der Waals surface area contributed by atoms with Gasteiger partial charge in [-0.15, -0.1) is 0 Å². The van der Waals surface area contributed by atoms with Crippen molar-refractivity contribution >= 4 is 23.3 Å². The number of ether oxygens (including phenoxy) is 1. The summed E-state index contributed by atoms with van der Waals surface area (Å²) in [4.78, 5) is 49.7. The van der Waals surface area contributed by atoms with Crippen molar-refractivity contribution in [2.24, 2.45) is 11.8 Å². The Kier molecular flexibility index (Phi) is 6.01. The molecule has 1 aliphatic carbocycles. The van der Waals surface area contributed by atoms with Gasteiger partial charge in [0.1, 0.15) is 11.8 Å². The smallest absolute Gasteiger partial charge is 0.316 e. The molecule has 5 heteroatoms. The number of hydrogen-bond acceptors (Lipinski definition) is 5. The first-order valence-corrected chi connectivity index (χ1v) is 8.23. The van der Waals surface area contributed by atoms with Crippen molar-refractivity contribution in [2.45, 2.75) is 38.5 Å². The van der Waals surface area contributed by atoms with Crippen LogP contribution in [0.3, 0.4) is 0 Å². The summed E-state index contributed by atoms with van der Waals surface area (Å²) in [5.41, 5.74) is 0.731. The summed E-state index contributed by atoms with van der Waals surface area (Å²) >= 11 is 0. The number of methoxy groups -OCH3 is 1. The molecule has 0 radical (unpaired) electrons. The average Bonchev–Trinajstić information content (AvgIpc) is 2.59. The van der Waals surface area contributed by atoms with Crippen LogP contribution in [0.2, 0.25) is 0 Å². The summed E-state index contributed by atoms with van der Waals surface area (Å²) < 4.78 is 4.77. The van der Waals surface area contributed by atoms with Crippen LogP contribution in [0.15, 0.2) is 30.3 Å². The van der Waals surface area contributed by atoms with Gasteiger partial charge in [0.25, 0.3) is 0 Å². The van der Waals surface area contributed by atoms with Crippen LogP contribution in [-0.4, -0.2) is 30.4 Å². The number of carbonyl (C=O) groups is 4. The monoisotopic (exact) mass is 330 g/mol. The molecule has 2 rings (SSSR count). The summed E-state index contributed by atoms with van der Waals surface area (Å²) in [7, 11) is 1.21. The summed E-state index contributed by atoms with van der Waals surface area (Å²) in [6.07, 6.45) is 1.61. The molecule has 0 aromatic heterocycles. The van der Waals surface area contributed by atoms with Crippen LogP contribution in [0, 0.1) is 11.8 Å². The van der Waals surface area contributed by atoms with Crippen molar-refractivity contribution in [3.8, 4) is 0 Å². The van der Waals surface area contributed by atoms with Gasteiger partial charge in [0.05, 0.1) is 7.11 Å². The van der Waals surface area contributed by atoms with Crippen LogP contribution in [0.1, 0.15) is 44.1 Å². The molecule has 0 amide bonds. The third kappa shape index (κ3) is 3.61. The van der Waals surface area contributed by atoms with Crippen LogP contribution in [0.4, 0.5) is 0 Å². The maximum Gasteiger partial charge on any atom is 0.316 e. The zero-order chi connectivity index (χ0) is 17.7. The Morgan fingerprint density at radius 1 is 1.17 bits per heavy atom. The van der Waals surface area contributed by atoms with Gasteiger partial charge in [-0.2, -0.15) is 0 Å². The molecule has 5 nitrogen and oxygen atoms in total. The molecule has 0 saturated heterocycles. The largest absolute Gasteiger partial charge is 0.468 e. The van der Waals surface area contributed by atoms with Crippen LogP contribution >= 0.6 is 0 Å². The molecule has 24 heavy (non-hydrogen) atoms. The van der Waals surface area contributed by atoms with Crippen molar-refractivity contribution in [1.29, 1.82) is 0 Å². The Bertz CT molecular complexity index is 634. The lowest BCUT2D eigenvalue weighted by atomic mass is 9.68. The number of esters is 1. The molecule has 0 N–H and O–H groups in total. The van der Waals surface area contributed by atoms with E-state index in [0.717, 1.165) is 12.0 Å². The van der Waals surface area contributed by atoms with E-state index in [0.29, 0.717) is 6.42 Å². The minimum Gasteiger partial charge on any atom is -0.468 e. The lowest BCUT2D eigenvalue weighted by Gasteiger charge is -2.32. The molecule has 0 aliphatic heterocycles. The number of unbranched alkanes of at least 4 members (excludes halogenated alkanes) is 1. The average molecular weight is 330 g/mol. The van der Waals surface area contributed by atoms with E-state index in [1.807, 2.05) is 13.0 Å². The van der Waals surface area contributed by atoms with Gasteiger partial charge in [-0.1, -0.05) is 43.7 Å². The number of Topliss-reactive ketones (excluding diaryl/α,β-unsaturated/α-hetero) is 3. The predicted octanol–water partition coefficient (Wildman–Crippen LogP) is 2.48. The van der Waals surface area contributed by atoms with Gasteiger partial charge in [0.2, 0.25) is 0 Å². The molecule has 0 spiro atoms. The zero-order valence-corrected chi connectivity index (χ0v) is 14.0. The summed E-state index contributed by atoms with van der Waals surface area (Å²) in [5, 5.41) is 0. The molecular formula is C19H22O5. The molecule has 1 fully saturated rings. The van der Waals surface area contributed by atoms with E-state index in [2.05, 4.69) is 0 Å². The Morgan fingerprint density at radius 2 is 1.83 bits per heavy atom. The third-order valence-electron chi connectivity index (χ3n) is 4.52. The standard InChI is InChI=1S/C19H22O5/c1-3-4-10-14(20)17-15(21)11-13(12-8-6-5-7-9-12)16(18(17)22)19(23)24-2/h5-9,13,16-17H,3-4,10-11H2,1-2H3/t13-,16+,17+/m1/s1. The second-order valence-corrected chi connectivity index (χ2v) is 6.09. The van der Waals surface area contributed by atoms with Gasteiger partial charge in [-0.3, -0.25) is 19.2 Å². The highest BCUT2D eigenvalue weighted by Gasteiger charge is 2.50. The third-order valence-corrected chi connectivity index (χ3v) is 4.52. The van der Waals surface area contributed by atoms with Gasteiger partial charge in [-0.25, -0.2) is 0 Å². The molecule has 3 atom stereocenters. The van der Waals surface area contributed by atoms with E-state index in [9.17, 15) is 19.2 Å². The number of rotatable bonds is 6. The van der Waals surface area contributed by atoms with E-state index in [1.54, 1.807) is 24.3 Å². The van der Waals surface area contributed by atoms with Gasteiger partial charge in [0.15, 0.2) is 17.3 Å². The Labute approximate surface area is 141 Å². The van der Waals surface area contributed by atoms with Crippen LogP contribution in [0.5, 0.6) is 0 Å². The van der Waals surface area contributed by atoms with E-state index in [-0.39, 0.29) is 18.6 Å². The molecule has 128 valence electrons. The van der Waals surface area contributed by atoms with Gasteiger partial charge >= 0.3 is 5.97 Å². The Hall–Kier alpha value is -2.30. The van der Waals surface area contributed by atoms with Crippen molar-refractivity contribution in [3.05, 3.63) is 35.9 Å².